The molecule has 16 nitrogen and oxygen atoms in total. The smallest absolute Gasteiger partial charge is 0.342 e. The Hall–Kier alpha value is -5.51. The molecular formula is C45H40N2O14. The number of benzene rings is 1. The van der Waals surface area contributed by atoms with Gasteiger partial charge in [-0.2, -0.15) is 0 Å². The summed E-state index contributed by atoms with van der Waals surface area (Å²) in [7, 11) is 7.30. The number of aromatic nitrogens is 2. The molecule has 3 aromatic rings. The number of hydrogen-bond donors (Lipinski definition) is 0. The molecule has 0 radical (unpaired) electrons. The second-order valence-electron chi connectivity index (χ2n) is 19.4. The summed E-state index contributed by atoms with van der Waals surface area (Å²) in [6.07, 6.45) is 3.26. The van der Waals surface area contributed by atoms with E-state index in [9.17, 15) is 9.59 Å². The summed E-state index contributed by atoms with van der Waals surface area (Å²) in [5.74, 6) is -12.8. The molecule has 1 aromatic carbocycles. The molecule has 18 atom stereocenters. The van der Waals surface area contributed by atoms with Gasteiger partial charge >= 0.3 is 35.8 Å². The number of carbonyl (C=O) groups is 7. The van der Waals surface area contributed by atoms with Gasteiger partial charge in [-0.05, 0) is 84.5 Å². The normalized spacial score (nSPS) is 49.9. The standard InChI is InChI=1S/C45H40N2O14/c1-38-19-15-11-9-13-46-29(15)30-16(12-10-14-47-30)20(19)39(2,31(38)48)43(35(52)58-6)26-22-17-18-23-27-28(45(37(54)60-8)44(27,61-45)36(53)59-7)24(18)41(22,33(50)56-4)40(23,32(49)55-3)21(17)25(26)42(38,43)34(51)57-5/h9-14,17-18,21-28H,1-8H3/t17?,18?,21-,22+,23+,24-,25?,26?,27?,28?,38-,39+,40+,41-,42-,43+,44-,45+. The summed E-state index contributed by atoms with van der Waals surface area (Å²) in [5.41, 5.74) is -12.5. The molecule has 10 fully saturated rings. The lowest BCUT2D eigenvalue weighted by molar-refractivity contribution is -0.305. The van der Waals surface area contributed by atoms with Gasteiger partial charge in [-0.1, -0.05) is 12.1 Å². The maximum Gasteiger partial charge on any atom is 0.342 e. The van der Waals surface area contributed by atoms with E-state index in [1.54, 1.807) is 38.4 Å². The van der Waals surface area contributed by atoms with Crippen LogP contribution in [0.2, 0.25) is 0 Å². The van der Waals surface area contributed by atoms with Crippen molar-refractivity contribution in [1.29, 1.82) is 0 Å². The number of ketones is 1. The van der Waals surface area contributed by atoms with Gasteiger partial charge in [0, 0.05) is 35.0 Å². The van der Waals surface area contributed by atoms with Crippen LogP contribution in [0.4, 0.5) is 0 Å². The zero-order valence-electron chi connectivity index (χ0n) is 34.3. The van der Waals surface area contributed by atoms with Crippen molar-refractivity contribution in [3.8, 4) is 0 Å². The Morgan fingerprint density at radius 2 is 0.852 bits per heavy atom. The number of nitrogens with zero attached hydrogens (tertiary/aromatic N) is 2. The van der Waals surface area contributed by atoms with Crippen LogP contribution in [0.1, 0.15) is 25.0 Å². The molecule has 0 N–H and O–H groups in total. The SMILES string of the molecule is COC(=O)[C@]12[C@@H]3C4C5[C@H](C6C([C@H]51)[C@@]1(C(=O)OC)[C@]6(C(=O)OC)[C@@]5(C)C(=O)[C@]1(C)c1c5c5cccnc5c5ncccc15)[C@@]2(C(=O)OC)[C@@H]4C1C3[C@@]2(C(=O)OC)O[C@@]12C(=O)OC. The summed E-state index contributed by atoms with van der Waals surface area (Å²) < 4.78 is 40.1. The number of hydrogen-bond acceptors (Lipinski definition) is 16. The second kappa shape index (κ2) is 9.74. The molecule has 16 heteroatoms. The fraction of sp³-hybridized carbons (Fsp3) is 0.578. The van der Waals surface area contributed by atoms with E-state index in [0.29, 0.717) is 32.9 Å². The Morgan fingerprint density at radius 1 is 0.508 bits per heavy atom. The van der Waals surface area contributed by atoms with Crippen LogP contribution in [0.5, 0.6) is 0 Å². The monoisotopic (exact) mass is 832 g/mol. The molecular weight excluding hydrogens is 792 g/mol. The molecule has 61 heavy (non-hydrogen) atoms. The zero-order valence-corrected chi connectivity index (χ0v) is 34.3. The lowest BCUT2D eigenvalue weighted by Crippen LogP contribution is -2.85. The molecule has 2 aromatic heterocycles. The number of rotatable bonds is 6. The molecule has 0 spiro atoms. The van der Waals surface area contributed by atoms with E-state index in [4.69, 9.17) is 43.1 Å². The number of epoxide rings is 1. The minimum atomic E-state index is -1.99. The van der Waals surface area contributed by atoms with Crippen LogP contribution < -0.4 is 0 Å². The highest BCUT2D eigenvalue weighted by molar-refractivity contribution is 6.25. The predicted molar refractivity (Wildman–Crippen MR) is 200 cm³/mol. The van der Waals surface area contributed by atoms with Gasteiger partial charge in [-0.3, -0.25) is 33.9 Å². The highest BCUT2D eigenvalue weighted by Gasteiger charge is 3.15. The number of ether oxygens (including phenoxy) is 7. The molecule has 10 aliphatic carbocycles. The molecule has 314 valence electrons. The van der Waals surface area contributed by atoms with E-state index in [1.165, 1.54) is 42.7 Å². The molecule has 6 unspecified atom stereocenters. The van der Waals surface area contributed by atoms with E-state index in [2.05, 4.69) is 0 Å². The molecule has 1 saturated heterocycles. The van der Waals surface area contributed by atoms with Gasteiger partial charge in [0.15, 0.2) is 5.78 Å². The fourth-order valence-corrected chi connectivity index (χ4v) is 19.8. The minimum Gasteiger partial charge on any atom is -0.469 e. The molecule has 0 amide bonds. The van der Waals surface area contributed by atoms with Gasteiger partial charge in [-0.25, -0.2) is 9.59 Å². The third-order valence-corrected chi connectivity index (χ3v) is 19.8. The van der Waals surface area contributed by atoms with E-state index >= 15 is 24.0 Å². The van der Waals surface area contributed by atoms with E-state index in [0.717, 1.165) is 0 Å². The van der Waals surface area contributed by atoms with Crippen LogP contribution in [0, 0.1) is 80.8 Å². The summed E-state index contributed by atoms with van der Waals surface area (Å²) in [6.45, 7) is 3.43. The highest BCUT2D eigenvalue weighted by atomic mass is 16.7. The molecule has 11 aliphatic rings. The number of pyridine rings is 2. The van der Waals surface area contributed by atoms with Crippen LogP contribution in [-0.4, -0.2) is 105 Å². The van der Waals surface area contributed by atoms with Gasteiger partial charge in [-0.15, -0.1) is 0 Å². The summed E-state index contributed by atoms with van der Waals surface area (Å²) >= 11 is 0. The molecule has 3 heterocycles. The first-order valence-corrected chi connectivity index (χ1v) is 20.6. The largest absolute Gasteiger partial charge is 0.469 e. The van der Waals surface area contributed by atoms with Gasteiger partial charge < -0.3 is 33.2 Å². The minimum absolute atomic E-state index is 0.396. The average Bonchev–Trinajstić information content (AvgIpc) is 3.87. The van der Waals surface area contributed by atoms with Gasteiger partial charge in [0.05, 0.1) is 75.4 Å². The molecule has 14 rings (SSSR count). The van der Waals surface area contributed by atoms with Crippen molar-refractivity contribution in [2.24, 2.45) is 80.8 Å². The first-order chi connectivity index (χ1) is 29.2. The third kappa shape index (κ3) is 2.49. The Labute approximate surface area is 346 Å². The first kappa shape index (κ1) is 36.2. The van der Waals surface area contributed by atoms with Gasteiger partial charge in [0.2, 0.25) is 11.2 Å². The highest BCUT2D eigenvalue weighted by Crippen LogP contribution is 3.06. The average molecular weight is 833 g/mol. The zero-order chi connectivity index (χ0) is 42.9. The van der Waals surface area contributed by atoms with Crippen LogP contribution >= 0.6 is 0 Å². The van der Waals surface area contributed by atoms with Crippen molar-refractivity contribution in [2.75, 3.05) is 42.7 Å². The molecule has 10 bridgehead atoms. The lowest BCUT2D eigenvalue weighted by atomic mass is 9.22. The quantitative estimate of drug-likeness (QED) is 0.114. The van der Waals surface area contributed by atoms with E-state index in [-0.39, 0.29) is 0 Å². The van der Waals surface area contributed by atoms with Crippen molar-refractivity contribution in [2.45, 2.75) is 35.9 Å². The van der Waals surface area contributed by atoms with E-state index < -0.39 is 144 Å². The summed E-state index contributed by atoms with van der Waals surface area (Å²) in [6, 6.07) is 7.17. The van der Waals surface area contributed by atoms with Gasteiger partial charge in [0.1, 0.15) is 10.8 Å². The predicted octanol–water partition coefficient (Wildman–Crippen LogP) is 1.64. The number of esters is 6. The van der Waals surface area contributed by atoms with Crippen LogP contribution in [0.15, 0.2) is 36.7 Å². The van der Waals surface area contributed by atoms with Gasteiger partial charge in [0.25, 0.3) is 0 Å². The number of fused-ring (bicyclic) bond motifs is 20. The van der Waals surface area contributed by atoms with Crippen LogP contribution in [-0.2, 0) is 77.5 Å². The van der Waals surface area contributed by atoms with Crippen molar-refractivity contribution in [3.63, 3.8) is 0 Å². The molecule has 1 aliphatic heterocycles. The van der Waals surface area contributed by atoms with Crippen LogP contribution in [0.3, 0.4) is 0 Å². The Morgan fingerprint density at radius 3 is 1.20 bits per heavy atom. The Kier molecular flexibility index (Phi) is 5.78. The summed E-state index contributed by atoms with van der Waals surface area (Å²) in [5, 5.41) is 1.16. The maximum atomic E-state index is 16.2. The lowest BCUT2D eigenvalue weighted by Gasteiger charge is -2.75. The summed E-state index contributed by atoms with van der Waals surface area (Å²) in [4.78, 5) is 115. The molecule has 9 saturated carbocycles. The van der Waals surface area contributed by atoms with Crippen LogP contribution in [0.25, 0.3) is 21.8 Å². The third-order valence-electron chi connectivity index (χ3n) is 19.8. The van der Waals surface area contributed by atoms with Crippen molar-refractivity contribution >= 4 is 63.4 Å². The maximum absolute atomic E-state index is 16.2. The Bertz CT molecular complexity index is 2650. The number of methoxy groups -OCH3 is 6. The van der Waals surface area contributed by atoms with Crippen molar-refractivity contribution in [1.82, 2.24) is 9.97 Å². The van der Waals surface area contributed by atoms with Crippen molar-refractivity contribution in [3.05, 3.63) is 47.8 Å². The topological polar surface area (TPSA) is 213 Å². The van der Waals surface area contributed by atoms with E-state index in [1.807, 2.05) is 12.1 Å². The Balaban J connectivity index is 1.16. The first-order valence-electron chi connectivity index (χ1n) is 20.6. The fourth-order valence-electron chi connectivity index (χ4n) is 19.8. The second-order valence-corrected chi connectivity index (χ2v) is 19.4. The number of carbonyl (C=O) groups excluding carboxylic acids is 7. The van der Waals surface area contributed by atoms with Crippen molar-refractivity contribution < 1.29 is 66.7 Å². The number of Topliss-reactive ketones (excluding diaryl/α,β-unsaturated/α-hetero) is 1.